The van der Waals surface area contributed by atoms with Gasteiger partial charge < -0.3 is 0 Å². The maximum absolute atomic E-state index is 5.10. The average Bonchev–Trinajstić information content (AvgIpc) is 3.79. The van der Waals surface area contributed by atoms with Gasteiger partial charge in [-0.1, -0.05) is 176 Å². The second-order valence-electron chi connectivity index (χ2n) is 13.9. The minimum atomic E-state index is 0.980. The first-order valence-electron chi connectivity index (χ1n) is 18.2. The predicted molar refractivity (Wildman–Crippen MR) is 224 cm³/mol. The molecule has 0 amide bonds. The molecule has 3 heterocycles. The van der Waals surface area contributed by atoms with Crippen molar-refractivity contribution in [2.75, 3.05) is 0 Å². The maximum Gasteiger partial charge on any atom is 0.138 e. The zero-order chi connectivity index (χ0) is 34.9. The van der Waals surface area contributed by atoms with Gasteiger partial charge in [0.2, 0.25) is 0 Å². The average molecular weight is 673 g/mol. The van der Waals surface area contributed by atoms with Gasteiger partial charge in [0, 0.05) is 16.3 Å². The van der Waals surface area contributed by atoms with Crippen LogP contribution in [-0.2, 0) is 0 Å². The minimum absolute atomic E-state index is 0.980. The summed E-state index contributed by atoms with van der Waals surface area (Å²) in [7, 11) is 0. The summed E-state index contributed by atoms with van der Waals surface area (Å²) in [6.07, 6.45) is 0. The van der Waals surface area contributed by atoms with Crippen molar-refractivity contribution in [2.45, 2.75) is 0 Å². The molecular formula is C51H32N2. The van der Waals surface area contributed by atoms with Gasteiger partial charge in [0.05, 0.1) is 16.7 Å². The topological polar surface area (TPSA) is 17.3 Å². The Bertz CT molecular complexity index is 3060. The molecule has 246 valence electrons. The smallest absolute Gasteiger partial charge is 0.138 e. The van der Waals surface area contributed by atoms with E-state index in [-0.39, 0.29) is 0 Å². The van der Waals surface area contributed by atoms with Crippen LogP contribution in [0.2, 0.25) is 0 Å². The standard InChI is InChI=1S/C51H32N2/c1-3-12-33(13-4-1)34-22-26-36(27-23-34)48-41-16-7-9-18-43(41)49(44-19-10-8-17-42(44)48)37-28-24-35(25-29-37)39-30-31-40-45(32-39)51-50(38-14-5-2-6-15-38)52-47-21-11-20-46(40)53(47)51/h1-32H. The first kappa shape index (κ1) is 29.7. The zero-order valence-corrected chi connectivity index (χ0v) is 28.9. The van der Waals surface area contributed by atoms with Gasteiger partial charge in [0.15, 0.2) is 0 Å². The number of hydrogen-bond donors (Lipinski definition) is 0. The lowest BCUT2D eigenvalue weighted by atomic mass is 9.85. The third kappa shape index (κ3) is 4.63. The molecule has 2 heteroatoms. The van der Waals surface area contributed by atoms with Crippen molar-refractivity contribution in [1.29, 1.82) is 0 Å². The third-order valence-electron chi connectivity index (χ3n) is 11.0. The number of benzene rings is 8. The van der Waals surface area contributed by atoms with Gasteiger partial charge in [0.1, 0.15) is 5.65 Å². The molecule has 0 spiro atoms. The molecule has 3 aromatic heterocycles. The molecule has 0 N–H and O–H groups in total. The fourth-order valence-corrected chi connectivity index (χ4v) is 8.53. The van der Waals surface area contributed by atoms with Gasteiger partial charge in [0.25, 0.3) is 0 Å². The van der Waals surface area contributed by atoms with Crippen LogP contribution in [0.1, 0.15) is 0 Å². The maximum atomic E-state index is 5.10. The summed E-state index contributed by atoms with van der Waals surface area (Å²) in [5.41, 5.74) is 15.3. The zero-order valence-electron chi connectivity index (χ0n) is 28.9. The summed E-state index contributed by atoms with van der Waals surface area (Å²) in [5.74, 6) is 0. The van der Waals surface area contributed by atoms with E-state index in [0.29, 0.717) is 0 Å². The molecule has 0 aliphatic rings. The molecule has 0 saturated heterocycles. The van der Waals surface area contributed by atoms with Gasteiger partial charge in [-0.05, 0) is 84.3 Å². The molecule has 8 aromatic carbocycles. The lowest BCUT2D eigenvalue weighted by Crippen LogP contribution is -1.91. The van der Waals surface area contributed by atoms with E-state index >= 15 is 0 Å². The van der Waals surface area contributed by atoms with E-state index in [1.165, 1.54) is 87.9 Å². The van der Waals surface area contributed by atoms with Crippen molar-refractivity contribution in [3.8, 4) is 55.8 Å². The van der Waals surface area contributed by atoms with E-state index in [4.69, 9.17) is 4.98 Å². The molecular weight excluding hydrogens is 641 g/mol. The summed E-state index contributed by atoms with van der Waals surface area (Å²) in [6, 6.07) is 70.4. The highest BCUT2D eigenvalue weighted by molar-refractivity contribution is 6.21. The molecule has 0 bridgehead atoms. The summed E-state index contributed by atoms with van der Waals surface area (Å²) >= 11 is 0. The lowest BCUT2D eigenvalue weighted by Gasteiger charge is -2.18. The summed E-state index contributed by atoms with van der Waals surface area (Å²) < 4.78 is 2.32. The molecule has 0 radical (unpaired) electrons. The van der Waals surface area contributed by atoms with Gasteiger partial charge in [-0.15, -0.1) is 0 Å². The SMILES string of the molecule is c1ccc(-c2ccc(-c3c4ccccc4c(-c4ccc(-c5ccc6c(c5)c5c(-c7ccccc7)nc7cccc6n75)cc4)c4ccccc34)cc2)cc1. The number of pyridine rings is 1. The van der Waals surface area contributed by atoms with Crippen molar-refractivity contribution < 1.29 is 0 Å². The summed E-state index contributed by atoms with van der Waals surface area (Å²) in [6.45, 7) is 0. The van der Waals surface area contributed by atoms with E-state index in [9.17, 15) is 0 Å². The fraction of sp³-hybridized carbons (Fsp3) is 0. The first-order valence-corrected chi connectivity index (χ1v) is 18.2. The summed E-state index contributed by atoms with van der Waals surface area (Å²) in [5, 5.41) is 7.51. The molecule has 0 fully saturated rings. The highest BCUT2D eigenvalue weighted by Crippen LogP contribution is 2.45. The van der Waals surface area contributed by atoms with Gasteiger partial charge >= 0.3 is 0 Å². The molecule has 11 aromatic rings. The van der Waals surface area contributed by atoms with E-state index in [1.807, 2.05) is 0 Å². The van der Waals surface area contributed by atoms with Crippen molar-refractivity contribution in [3.63, 3.8) is 0 Å². The molecule has 0 saturated carbocycles. The van der Waals surface area contributed by atoms with Crippen molar-refractivity contribution >= 4 is 49.0 Å². The molecule has 53 heavy (non-hydrogen) atoms. The lowest BCUT2D eigenvalue weighted by molar-refractivity contribution is 1.31. The Morgan fingerprint density at radius 3 is 1.32 bits per heavy atom. The van der Waals surface area contributed by atoms with E-state index in [2.05, 4.69) is 199 Å². The molecule has 0 aliphatic carbocycles. The minimum Gasteiger partial charge on any atom is -0.292 e. The Kier molecular flexibility index (Phi) is 6.59. The van der Waals surface area contributed by atoms with Gasteiger partial charge in [-0.2, -0.15) is 0 Å². The van der Waals surface area contributed by atoms with Crippen LogP contribution in [0.3, 0.4) is 0 Å². The van der Waals surface area contributed by atoms with E-state index in [1.54, 1.807) is 0 Å². The number of hydrogen-bond acceptors (Lipinski definition) is 1. The number of aromatic nitrogens is 2. The Hall–Kier alpha value is -7.03. The first-order chi connectivity index (χ1) is 26.3. The van der Waals surface area contributed by atoms with Crippen LogP contribution in [0.25, 0.3) is 105 Å². The Morgan fingerprint density at radius 2 is 0.755 bits per heavy atom. The van der Waals surface area contributed by atoms with Gasteiger partial charge in [-0.25, -0.2) is 4.98 Å². The number of imidazole rings is 1. The highest BCUT2D eigenvalue weighted by atomic mass is 15.0. The normalized spacial score (nSPS) is 11.8. The molecule has 0 aliphatic heterocycles. The predicted octanol–water partition coefficient (Wildman–Crippen LogP) is 13.7. The van der Waals surface area contributed by atoms with Crippen LogP contribution < -0.4 is 0 Å². The Labute approximate surface area is 307 Å². The van der Waals surface area contributed by atoms with E-state index in [0.717, 1.165) is 16.9 Å². The Balaban J connectivity index is 1.04. The van der Waals surface area contributed by atoms with Crippen LogP contribution >= 0.6 is 0 Å². The largest absolute Gasteiger partial charge is 0.292 e. The second-order valence-corrected chi connectivity index (χ2v) is 13.9. The molecule has 2 nitrogen and oxygen atoms in total. The van der Waals surface area contributed by atoms with Crippen molar-refractivity contribution in [2.24, 2.45) is 0 Å². The van der Waals surface area contributed by atoms with Crippen LogP contribution in [0, 0.1) is 0 Å². The van der Waals surface area contributed by atoms with E-state index < -0.39 is 0 Å². The highest BCUT2D eigenvalue weighted by Gasteiger charge is 2.20. The Morgan fingerprint density at radius 1 is 0.302 bits per heavy atom. The fourth-order valence-electron chi connectivity index (χ4n) is 8.53. The van der Waals surface area contributed by atoms with Crippen LogP contribution in [-0.4, -0.2) is 9.38 Å². The van der Waals surface area contributed by atoms with Crippen LogP contribution in [0.4, 0.5) is 0 Å². The van der Waals surface area contributed by atoms with Gasteiger partial charge in [-0.3, -0.25) is 4.40 Å². The number of nitrogens with zero attached hydrogens (tertiary/aromatic N) is 2. The van der Waals surface area contributed by atoms with Crippen LogP contribution in [0.5, 0.6) is 0 Å². The molecule has 0 atom stereocenters. The number of fused-ring (bicyclic) bond motifs is 5. The molecule has 0 unspecified atom stereocenters. The van der Waals surface area contributed by atoms with Crippen molar-refractivity contribution in [1.82, 2.24) is 9.38 Å². The monoisotopic (exact) mass is 672 g/mol. The number of rotatable bonds is 5. The van der Waals surface area contributed by atoms with Crippen LogP contribution in [0.15, 0.2) is 194 Å². The molecule has 11 rings (SSSR count). The van der Waals surface area contributed by atoms with Crippen molar-refractivity contribution in [3.05, 3.63) is 194 Å². The second kappa shape index (κ2) is 11.8. The third-order valence-corrected chi connectivity index (χ3v) is 11.0. The quantitative estimate of drug-likeness (QED) is 0.166. The summed E-state index contributed by atoms with van der Waals surface area (Å²) in [4.78, 5) is 5.10.